The van der Waals surface area contributed by atoms with Crippen molar-refractivity contribution in [1.82, 2.24) is 25.2 Å². The summed E-state index contributed by atoms with van der Waals surface area (Å²) in [7, 11) is 1.27. The number of carbonyl (C=O) groups excluding carboxylic acids is 2. The highest BCUT2D eigenvalue weighted by Gasteiger charge is 2.56. The lowest BCUT2D eigenvalue weighted by Gasteiger charge is -2.51. The normalized spacial score (nSPS) is 21.6. The number of aryl methyl sites for hydroxylation is 1. The Morgan fingerprint density at radius 3 is 2.83 bits per heavy atom. The molecule has 0 radical (unpaired) electrons. The Kier molecular flexibility index (Phi) is 6.86. The minimum Gasteiger partial charge on any atom is -0.493 e. The third-order valence-corrected chi connectivity index (χ3v) is 8.10. The molecule has 0 bridgehead atoms. The number of nitrogens with two attached hydrogens (primary N) is 1. The van der Waals surface area contributed by atoms with Gasteiger partial charge >= 0.3 is 5.97 Å². The lowest BCUT2D eigenvalue weighted by Crippen LogP contribution is -2.61. The molecule has 2 aliphatic heterocycles. The second kappa shape index (κ2) is 9.71. The van der Waals surface area contributed by atoms with Crippen molar-refractivity contribution >= 4 is 64.0 Å². The highest BCUT2D eigenvalue weighted by atomic mass is 32.2. The molecule has 2 aliphatic rings. The number of aromatic hydroxyl groups is 1. The Morgan fingerprint density at radius 1 is 1.46 bits per heavy atom. The van der Waals surface area contributed by atoms with Crippen molar-refractivity contribution in [2.24, 2.45) is 5.16 Å². The van der Waals surface area contributed by atoms with Gasteiger partial charge in [0.15, 0.2) is 15.2 Å². The van der Waals surface area contributed by atoms with E-state index in [9.17, 15) is 24.6 Å². The molecule has 16 heteroatoms. The highest BCUT2D eigenvalue weighted by Crippen LogP contribution is 2.55. The summed E-state index contributed by atoms with van der Waals surface area (Å²) in [6.07, 6.45) is 0.989. The van der Waals surface area contributed by atoms with Crippen LogP contribution in [0.1, 0.15) is 17.8 Å². The van der Waals surface area contributed by atoms with Gasteiger partial charge in [0.25, 0.3) is 5.91 Å². The van der Waals surface area contributed by atoms with Crippen LogP contribution in [0.25, 0.3) is 0 Å². The molecule has 2 aromatic heterocycles. The molecule has 2 aromatic rings. The summed E-state index contributed by atoms with van der Waals surface area (Å²) in [6.45, 7) is 1.67. The van der Waals surface area contributed by atoms with Gasteiger partial charge in [-0.3, -0.25) is 14.5 Å². The van der Waals surface area contributed by atoms with Crippen molar-refractivity contribution in [3.63, 3.8) is 0 Å². The monoisotopic (exact) mass is 537 g/mol. The first kappa shape index (κ1) is 24.7. The van der Waals surface area contributed by atoms with Crippen LogP contribution in [0.4, 0.5) is 5.13 Å². The van der Waals surface area contributed by atoms with E-state index in [2.05, 4.69) is 30.3 Å². The van der Waals surface area contributed by atoms with Crippen LogP contribution in [0, 0.1) is 6.92 Å². The van der Waals surface area contributed by atoms with Gasteiger partial charge in [0.2, 0.25) is 11.8 Å². The maximum absolute atomic E-state index is 12.8. The number of amides is 2. The summed E-state index contributed by atoms with van der Waals surface area (Å²) in [5, 5.41) is 27.7. The zero-order valence-electron chi connectivity index (χ0n) is 18.3. The van der Waals surface area contributed by atoms with E-state index in [0.29, 0.717) is 11.4 Å². The van der Waals surface area contributed by atoms with Gasteiger partial charge in [-0.05, 0) is 6.92 Å². The number of rotatable bonds is 8. The third-order valence-electron chi connectivity index (χ3n) is 5.00. The Morgan fingerprint density at radius 2 is 2.23 bits per heavy atom. The average Bonchev–Trinajstić information content (AvgIpc) is 3.22. The zero-order valence-corrected chi connectivity index (χ0v) is 20.7. The van der Waals surface area contributed by atoms with Crippen LogP contribution in [-0.4, -0.2) is 72.3 Å². The summed E-state index contributed by atoms with van der Waals surface area (Å²) in [5.41, 5.74) is 6.57. The summed E-state index contributed by atoms with van der Waals surface area (Å²) in [6, 6.07) is 1.38. The van der Waals surface area contributed by atoms with Crippen LogP contribution < -0.4 is 11.1 Å². The van der Waals surface area contributed by atoms with Crippen LogP contribution in [0.15, 0.2) is 33.0 Å². The quantitative estimate of drug-likeness (QED) is 0.122. The number of nitrogens with zero attached hydrogens (tertiary/aromatic N) is 5. The molecule has 0 saturated carbocycles. The number of thioether (sulfide) groups is 2. The van der Waals surface area contributed by atoms with Crippen molar-refractivity contribution in [1.29, 1.82) is 0 Å². The summed E-state index contributed by atoms with van der Waals surface area (Å²) < 4.78 is 0. The number of carbonyl (C=O) groups is 3. The fourth-order valence-corrected chi connectivity index (χ4v) is 7.04. The largest absolute Gasteiger partial charge is 0.493 e. The number of hydrogen-bond donors (Lipinski definition) is 4. The molecule has 0 aliphatic carbocycles. The molecule has 4 heterocycles. The number of aliphatic carboxylic acids is 1. The first-order valence-corrected chi connectivity index (χ1v) is 12.6. The van der Waals surface area contributed by atoms with Crippen molar-refractivity contribution in [2.75, 3.05) is 18.6 Å². The zero-order chi connectivity index (χ0) is 25.3. The van der Waals surface area contributed by atoms with Gasteiger partial charge in [-0.1, -0.05) is 28.7 Å². The average molecular weight is 538 g/mol. The van der Waals surface area contributed by atoms with Gasteiger partial charge in [-0.2, -0.15) is 4.98 Å². The number of aromatic nitrogens is 3. The van der Waals surface area contributed by atoms with E-state index >= 15 is 0 Å². The Balaban J connectivity index is 1.87. The van der Waals surface area contributed by atoms with Crippen LogP contribution in [0.5, 0.6) is 5.88 Å². The molecule has 13 nitrogen and oxygen atoms in total. The number of β-lactam (4-membered cyclic amide) rings is 1. The molecular formula is C19H19N7O6S3. The van der Waals surface area contributed by atoms with Crippen LogP contribution >= 0.6 is 34.9 Å². The minimum atomic E-state index is -1.50. The van der Waals surface area contributed by atoms with E-state index in [0.717, 1.165) is 29.3 Å². The predicted molar refractivity (Wildman–Crippen MR) is 129 cm³/mol. The van der Waals surface area contributed by atoms with Crippen LogP contribution in [-0.2, 0) is 24.1 Å². The SMILES string of the molecule is CON=CC(=O)NC1(c2csc(N)n2)S[C@H]2CC(=O)N2C(C(=O)O)=C1CSc1nc(C)cc(O)n1. The standard InChI is InChI=1S/C19H19N7O6S3/c1-8-3-11(27)24-18(22-8)34-6-9-15(16(30)31)26-13(29)4-14(26)35-19(9,10-7-33-17(20)23-10)25-12(28)5-21-32-2/h3,5,7,14H,4,6H2,1-2H3,(H2,20,23)(H,25,28)(H,30,31)(H,22,24,27)/t14-,19?/m0/s1. The second-order valence-corrected chi connectivity index (χ2v) is 10.5. The number of nitrogens with one attached hydrogen (secondary N) is 1. The van der Waals surface area contributed by atoms with Crippen LogP contribution in [0.3, 0.4) is 0 Å². The summed E-state index contributed by atoms with van der Waals surface area (Å²) >= 11 is 3.32. The van der Waals surface area contributed by atoms with Crippen molar-refractivity contribution < 1.29 is 29.4 Å². The molecule has 4 rings (SSSR count). The van der Waals surface area contributed by atoms with Gasteiger partial charge in [0.05, 0.1) is 17.5 Å². The van der Waals surface area contributed by atoms with Crippen molar-refractivity contribution in [3.05, 3.63) is 34.1 Å². The maximum Gasteiger partial charge on any atom is 0.352 e. The molecule has 184 valence electrons. The molecular weight excluding hydrogens is 518 g/mol. The van der Waals surface area contributed by atoms with Crippen LogP contribution in [0.2, 0.25) is 0 Å². The topological polar surface area (TPSA) is 193 Å². The highest BCUT2D eigenvalue weighted by molar-refractivity contribution is 8.01. The number of fused-ring (bicyclic) bond motifs is 1. The van der Waals surface area contributed by atoms with Crippen molar-refractivity contribution in [3.8, 4) is 5.88 Å². The van der Waals surface area contributed by atoms with Gasteiger partial charge in [0.1, 0.15) is 19.0 Å². The van der Waals surface area contributed by atoms with Gasteiger partial charge < -0.3 is 26.1 Å². The predicted octanol–water partition coefficient (Wildman–Crippen LogP) is 0.867. The number of carboxylic acid groups (broad SMARTS) is 1. The Hall–Kier alpha value is -3.37. The van der Waals surface area contributed by atoms with Crippen molar-refractivity contribution in [2.45, 2.75) is 28.7 Å². The number of oxime groups is 1. The fraction of sp³-hybridized carbons (Fsp3) is 0.316. The molecule has 2 atom stereocenters. The summed E-state index contributed by atoms with van der Waals surface area (Å²) in [5.74, 6) is -2.69. The first-order valence-electron chi connectivity index (χ1n) is 9.89. The van der Waals surface area contributed by atoms with E-state index < -0.39 is 22.1 Å². The smallest absolute Gasteiger partial charge is 0.352 e. The van der Waals surface area contributed by atoms with E-state index in [-0.39, 0.29) is 45.5 Å². The fourth-order valence-electron chi connectivity index (χ4n) is 3.61. The number of hydrogen-bond acceptors (Lipinski definition) is 13. The molecule has 2 amide bonds. The Bertz CT molecular complexity index is 1250. The molecule has 35 heavy (non-hydrogen) atoms. The molecule has 1 fully saturated rings. The van der Waals surface area contributed by atoms with Gasteiger partial charge in [-0.25, -0.2) is 14.8 Å². The van der Waals surface area contributed by atoms with Gasteiger partial charge in [0, 0.05) is 28.5 Å². The number of carboxylic acids is 1. The number of thiazole rings is 1. The first-order chi connectivity index (χ1) is 16.6. The summed E-state index contributed by atoms with van der Waals surface area (Å²) in [4.78, 5) is 54.5. The molecule has 1 unspecified atom stereocenters. The lowest BCUT2D eigenvalue weighted by molar-refractivity contribution is -0.146. The third kappa shape index (κ3) is 4.76. The molecule has 0 spiro atoms. The van der Waals surface area contributed by atoms with E-state index in [1.165, 1.54) is 29.8 Å². The maximum atomic E-state index is 12.8. The Labute approximate surface area is 210 Å². The van der Waals surface area contributed by atoms with Gasteiger partial charge in [-0.15, -0.1) is 11.3 Å². The number of anilines is 1. The van der Waals surface area contributed by atoms with E-state index in [4.69, 9.17) is 5.73 Å². The van der Waals surface area contributed by atoms with E-state index in [1.807, 2.05) is 0 Å². The van der Waals surface area contributed by atoms with E-state index in [1.54, 1.807) is 12.3 Å². The second-order valence-electron chi connectivity index (χ2n) is 7.27. The molecule has 5 N–H and O–H groups in total. The number of nitrogen functional groups attached to an aromatic ring is 1. The minimum absolute atomic E-state index is 0.0623. The molecule has 1 saturated heterocycles. The molecule has 0 aromatic carbocycles. The lowest BCUT2D eigenvalue weighted by atomic mass is 9.98.